The van der Waals surface area contributed by atoms with E-state index in [1.807, 2.05) is 0 Å². The van der Waals surface area contributed by atoms with Gasteiger partial charge in [0, 0.05) is 5.56 Å². The molecule has 0 atom stereocenters. The highest BCUT2D eigenvalue weighted by atomic mass is 32.2. The molecule has 0 radical (unpaired) electrons. The zero-order chi connectivity index (χ0) is 16.4. The quantitative estimate of drug-likeness (QED) is 0.763. The number of ether oxygens (including phenoxy) is 1. The normalized spacial score (nSPS) is 19.0. The molecule has 1 aromatic carbocycles. The molecule has 0 spiro atoms. The van der Waals surface area contributed by atoms with Crippen molar-refractivity contribution in [3.63, 3.8) is 0 Å². The van der Waals surface area contributed by atoms with Crippen LogP contribution in [0.1, 0.15) is 23.2 Å². The average molecular weight is 336 g/mol. The van der Waals surface area contributed by atoms with Crippen LogP contribution in [0.5, 0.6) is 5.75 Å². The van der Waals surface area contributed by atoms with Crippen LogP contribution in [-0.2, 0) is 9.59 Å². The Hall–Kier alpha value is -2.22. The van der Waals surface area contributed by atoms with Crippen molar-refractivity contribution in [1.29, 1.82) is 0 Å². The van der Waals surface area contributed by atoms with Crippen LogP contribution < -0.4 is 15.4 Å². The Labute approximate surface area is 136 Å². The standard InChI is InChI=1S/C15H16N2O5S/c18-12-8-22-11-7-9(1-2-10(11)16-12)13(19)17-15(14(20)21)3-5-23-6-4-15/h1-2,7H,3-6,8H2,(H,16,18)(H,17,19)(H,20,21). The van der Waals surface area contributed by atoms with Crippen molar-refractivity contribution in [2.24, 2.45) is 0 Å². The Morgan fingerprint density at radius 3 is 2.74 bits per heavy atom. The predicted molar refractivity (Wildman–Crippen MR) is 85.0 cm³/mol. The van der Waals surface area contributed by atoms with E-state index in [0.29, 0.717) is 41.3 Å². The van der Waals surface area contributed by atoms with E-state index in [1.54, 1.807) is 17.8 Å². The van der Waals surface area contributed by atoms with E-state index in [4.69, 9.17) is 4.74 Å². The molecule has 0 bridgehead atoms. The molecule has 23 heavy (non-hydrogen) atoms. The van der Waals surface area contributed by atoms with Crippen LogP contribution in [0.25, 0.3) is 0 Å². The largest absolute Gasteiger partial charge is 0.482 e. The topological polar surface area (TPSA) is 105 Å². The van der Waals surface area contributed by atoms with Crippen molar-refractivity contribution in [2.75, 3.05) is 23.4 Å². The number of benzene rings is 1. The highest BCUT2D eigenvalue weighted by Gasteiger charge is 2.41. The highest BCUT2D eigenvalue weighted by molar-refractivity contribution is 7.99. The van der Waals surface area contributed by atoms with Gasteiger partial charge in [-0.15, -0.1) is 0 Å². The molecule has 7 nitrogen and oxygen atoms in total. The third-order valence-corrected chi connectivity index (χ3v) is 4.97. The number of carbonyl (C=O) groups is 3. The van der Waals surface area contributed by atoms with Crippen molar-refractivity contribution in [1.82, 2.24) is 5.32 Å². The SMILES string of the molecule is O=C1COc2cc(C(=O)NC3(C(=O)O)CCSCC3)ccc2N1. The lowest BCUT2D eigenvalue weighted by molar-refractivity contribution is -0.144. The van der Waals surface area contributed by atoms with Gasteiger partial charge in [-0.3, -0.25) is 9.59 Å². The zero-order valence-corrected chi connectivity index (χ0v) is 13.1. The monoisotopic (exact) mass is 336 g/mol. The number of carboxylic acids is 1. The summed E-state index contributed by atoms with van der Waals surface area (Å²) in [5.74, 6) is 0.0907. The number of carboxylic acid groups (broad SMARTS) is 1. The minimum Gasteiger partial charge on any atom is -0.482 e. The van der Waals surface area contributed by atoms with E-state index in [0.717, 1.165) is 0 Å². The van der Waals surface area contributed by atoms with Crippen molar-refractivity contribution >= 4 is 35.2 Å². The Balaban J connectivity index is 1.80. The predicted octanol–water partition coefficient (Wildman–Crippen LogP) is 1.10. The number of hydrogen-bond donors (Lipinski definition) is 3. The molecule has 1 saturated heterocycles. The fourth-order valence-corrected chi connectivity index (χ4v) is 3.81. The minimum absolute atomic E-state index is 0.103. The van der Waals surface area contributed by atoms with Crippen LogP contribution in [0.3, 0.4) is 0 Å². The lowest BCUT2D eigenvalue weighted by atomic mass is 9.92. The molecular weight excluding hydrogens is 320 g/mol. The Bertz CT molecular complexity index is 670. The summed E-state index contributed by atoms with van der Waals surface area (Å²) in [5.41, 5.74) is -0.411. The summed E-state index contributed by atoms with van der Waals surface area (Å²) in [7, 11) is 0. The lowest BCUT2D eigenvalue weighted by Crippen LogP contribution is -2.56. The van der Waals surface area contributed by atoms with Crippen LogP contribution >= 0.6 is 11.8 Å². The van der Waals surface area contributed by atoms with Gasteiger partial charge in [0.1, 0.15) is 11.3 Å². The second-order valence-corrected chi connectivity index (χ2v) is 6.73. The summed E-state index contributed by atoms with van der Waals surface area (Å²) in [4.78, 5) is 35.3. The van der Waals surface area contributed by atoms with Gasteiger partial charge in [-0.2, -0.15) is 11.8 Å². The van der Waals surface area contributed by atoms with Crippen molar-refractivity contribution in [3.05, 3.63) is 23.8 Å². The first-order chi connectivity index (χ1) is 11.0. The molecular formula is C15H16N2O5S. The molecule has 2 amide bonds. The van der Waals surface area contributed by atoms with Gasteiger partial charge in [-0.25, -0.2) is 4.79 Å². The number of nitrogens with one attached hydrogen (secondary N) is 2. The summed E-state index contributed by atoms with van der Waals surface area (Å²) in [6.07, 6.45) is 0.798. The van der Waals surface area contributed by atoms with Gasteiger partial charge in [0.05, 0.1) is 5.69 Å². The molecule has 122 valence electrons. The average Bonchev–Trinajstić information content (AvgIpc) is 2.55. The van der Waals surface area contributed by atoms with E-state index in [1.165, 1.54) is 12.1 Å². The van der Waals surface area contributed by atoms with E-state index in [-0.39, 0.29) is 12.5 Å². The van der Waals surface area contributed by atoms with Crippen molar-refractivity contribution in [2.45, 2.75) is 18.4 Å². The van der Waals surface area contributed by atoms with Crippen LogP contribution in [0.15, 0.2) is 18.2 Å². The molecule has 0 saturated carbocycles. The highest BCUT2D eigenvalue weighted by Crippen LogP contribution is 2.30. The second kappa shape index (κ2) is 6.11. The number of rotatable bonds is 3. The molecule has 2 aliphatic heterocycles. The first kappa shape index (κ1) is 15.7. The number of anilines is 1. The van der Waals surface area contributed by atoms with Gasteiger partial charge >= 0.3 is 5.97 Å². The van der Waals surface area contributed by atoms with E-state index < -0.39 is 17.4 Å². The minimum atomic E-state index is -1.21. The number of aliphatic carboxylic acids is 1. The fourth-order valence-electron chi connectivity index (χ4n) is 2.62. The van der Waals surface area contributed by atoms with Crippen LogP contribution in [0.4, 0.5) is 5.69 Å². The van der Waals surface area contributed by atoms with Crippen LogP contribution in [0, 0.1) is 0 Å². The number of amides is 2. The maximum absolute atomic E-state index is 12.4. The Morgan fingerprint density at radius 2 is 2.04 bits per heavy atom. The van der Waals surface area contributed by atoms with E-state index in [2.05, 4.69) is 10.6 Å². The van der Waals surface area contributed by atoms with Gasteiger partial charge < -0.3 is 20.5 Å². The maximum atomic E-state index is 12.4. The van der Waals surface area contributed by atoms with Gasteiger partial charge in [0.2, 0.25) is 0 Å². The zero-order valence-electron chi connectivity index (χ0n) is 12.3. The number of thioether (sulfide) groups is 1. The van der Waals surface area contributed by atoms with Gasteiger partial charge in [0.25, 0.3) is 11.8 Å². The third-order valence-electron chi connectivity index (χ3n) is 3.99. The lowest BCUT2D eigenvalue weighted by Gasteiger charge is -2.33. The fraction of sp³-hybridized carbons (Fsp3) is 0.400. The van der Waals surface area contributed by atoms with Crippen molar-refractivity contribution < 1.29 is 24.2 Å². The summed E-state index contributed by atoms with van der Waals surface area (Å²) < 4.78 is 5.28. The Morgan fingerprint density at radius 1 is 1.30 bits per heavy atom. The van der Waals surface area contributed by atoms with Crippen molar-refractivity contribution in [3.8, 4) is 5.75 Å². The molecule has 2 aliphatic rings. The smallest absolute Gasteiger partial charge is 0.329 e. The molecule has 0 unspecified atom stereocenters. The first-order valence-corrected chi connectivity index (χ1v) is 8.36. The number of fused-ring (bicyclic) bond motifs is 1. The molecule has 0 aliphatic carbocycles. The Kier molecular flexibility index (Phi) is 4.16. The van der Waals surface area contributed by atoms with Gasteiger partial charge in [-0.1, -0.05) is 0 Å². The molecule has 3 N–H and O–H groups in total. The molecule has 0 aromatic heterocycles. The summed E-state index contributed by atoms with van der Waals surface area (Å²) in [5, 5.41) is 14.8. The molecule has 8 heteroatoms. The van der Waals surface area contributed by atoms with E-state index >= 15 is 0 Å². The molecule has 1 fully saturated rings. The summed E-state index contributed by atoms with van der Waals surface area (Å²) in [6.45, 7) is -0.103. The summed E-state index contributed by atoms with van der Waals surface area (Å²) >= 11 is 1.68. The van der Waals surface area contributed by atoms with Crippen LogP contribution in [0.2, 0.25) is 0 Å². The first-order valence-electron chi connectivity index (χ1n) is 7.20. The molecule has 3 rings (SSSR count). The third kappa shape index (κ3) is 3.12. The van der Waals surface area contributed by atoms with Gasteiger partial charge in [0.15, 0.2) is 6.61 Å². The molecule has 2 heterocycles. The number of carbonyl (C=O) groups excluding carboxylic acids is 2. The second-order valence-electron chi connectivity index (χ2n) is 5.50. The van der Waals surface area contributed by atoms with Gasteiger partial charge in [-0.05, 0) is 42.5 Å². The summed E-state index contributed by atoms with van der Waals surface area (Å²) in [6, 6.07) is 4.62. The van der Waals surface area contributed by atoms with E-state index in [9.17, 15) is 19.5 Å². The maximum Gasteiger partial charge on any atom is 0.329 e. The number of hydrogen-bond acceptors (Lipinski definition) is 5. The molecule has 1 aromatic rings. The van der Waals surface area contributed by atoms with Crippen LogP contribution in [-0.4, -0.2) is 46.5 Å².